The average Bonchev–Trinajstić information content (AvgIpc) is 1.33. The van der Waals surface area contributed by atoms with Gasteiger partial charge < -0.3 is 70.3 Å². The van der Waals surface area contributed by atoms with E-state index in [4.69, 9.17) is 24.6 Å². The van der Waals surface area contributed by atoms with E-state index in [1.54, 1.807) is 62.3 Å². The summed E-state index contributed by atoms with van der Waals surface area (Å²) in [7, 11) is 5.58. The second-order valence-electron chi connectivity index (χ2n) is 25.1. The van der Waals surface area contributed by atoms with Crippen LogP contribution in [0, 0.1) is 30.6 Å². The first-order chi connectivity index (χ1) is 41.7. The fraction of sp³-hybridized carbons (Fsp3) is 0.607. The minimum atomic E-state index is -1.88. The second kappa shape index (κ2) is 27.3. The van der Waals surface area contributed by atoms with Gasteiger partial charge in [-0.05, 0) is 81.8 Å². The van der Waals surface area contributed by atoms with Crippen molar-refractivity contribution in [3.63, 3.8) is 0 Å². The van der Waals surface area contributed by atoms with Gasteiger partial charge in [-0.15, -0.1) is 0 Å². The maximum absolute atomic E-state index is 15.1. The molecule has 4 saturated heterocycles. The van der Waals surface area contributed by atoms with Gasteiger partial charge in [-0.25, -0.2) is 14.6 Å². The number of esters is 2. The van der Waals surface area contributed by atoms with Gasteiger partial charge >= 0.3 is 11.9 Å². The van der Waals surface area contributed by atoms with Crippen LogP contribution in [0.25, 0.3) is 22.6 Å². The summed E-state index contributed by atoms with van der Waals surface area (Å²) in [4.78, 5) is 198. The minimum absolute atomic E-state index is 0.0838. The lowest BCUT2D eigenvalue weighted by atomic mass is 9.99. The van der Waals surface area contributed by atoms with Crippen LogP contribution in [-0.2, 0) is 57.4 Å². The summed E-state index contributed by atoms with van der Waals surface area (Å²) in [5.41, 5.74) is 3.48. The highest BCUT2D eigenvalue weighted by atomic mass is 16.6. The van der Waals surface area contributed by atoms with E-state index in [0.29, 0.717) is 18.4 Å². The number of cyclic esters (lactones) is 2. The van der Waals surface area contributed by atoms with Crippen LogP contribution in [0.3, 0.4) is 0 Å². The number of hydrogen-bond acceptors (Lipinski definition) is 18. The van der Waals surface area contributed by atoms with Crippen LogP contribution < -0.4 is 32.4 Å². The van der Waals surface area contributed by atoms with Crippen molar-refractivity contribution in [3.8, 4) is 11.5 Å². The van der Waals surface area contributed by atoms with Crippen molar-refractivity contribution in [1.29, 1.82) is 0 Å². The molecule has 89 heavy (non-hydrogen) atoms. The number of carbonyl (C=O) groups excluding carboxylic acids is 12. The Balaban J connectivity index is 1.30. The van der Waals surface area contributed by atoms with E-state index in [1.165, 1.54) is 73.8 Å². The molecule has 0 saturated carbocycles. The molecule has 5 aliphatic heterocycles. The number of benzene rings is 2. The van der Waals surface area contributed by atoms with Crippen molar-refractivity contribution in [2.45, 2.75) is 162 Å². The number of carbonyl (C=O) groups is 12. The molecule has 484 valence electrons. The molecule has 0 aromatic heterocycles. The molecule has 1 aromatic carbocycles. The van der Waals surface area contributed by atoms with Gasteiger partial charge in [-0.2, -0.15) is 0 Å². The van der Waals surface area contributed by atoms with Crippen LogP contribution >= 0.6 is 0 Å². The number of nitrogens with one attached hydrogen (secondary N) is 4. The lowest BCUT2D eigenvalue weighted by Crippen LogP contribution is -2.61. The number of nitrogens with zero attached hydrogens (tertiary/aromatic N) is 7. The van der Waals surface area contributed by atoms with Crippen LogP contribution in [0.4, 0.5) is 5.69 Å². The number of nitrogen functional groups attached to an aromatic ring is 1. The number of aryl methyl sites for hydroxylation is 1. The molecule has 7 rings (SSSR count). The van der Waals surface area contributed by atoms with Crippen molar-refractivity contribution >= 4 is 87.8 Å². The molecule has 10 atom stereocenters. The highest BCUT2D eigenvalue weighted by Gasteiger charge is 2.46. The summed E-state index contributed by atoms with van der Waals surface area (Å²) in [5, 5.41) is 10.6. The molecule has 28 nitrogen and oxygen atoms in total. The molecular weight excluding hydrogens is 1160 g/mol. The van der Waals surface area contributed by atoms with E-state index in [1.807, 2.05) is 0 Å². The van der Waals surface area contributed by atoms with E-state index in [-0.39, 0.29) is 48.4 Å². The third-order valence-electron chi connectivity index (χ3n) is 17.2. The average molecular weight is 1240 g/mol. The second-order valence-corrected chi connectivity index (χ2v) is 25.1. The van der Waals surface area contributed by atoms with Crippen molar-refractivity contribution in [2.24, 2.45) is 23.7 Å². The van der Waals surface area contributed by atoms with Crippen LogP contribution in [0.1, 0.15) is 121 Å². The Morgan fingerprint density at radius 1 is 0.618 bits per heavy atom. The van der Waals surface area contributed by atoms with Gasteiger partial charge in [0, 0.05) is 47.3 Å². The summed E-state index contributed by atoms with van der Waals surface area (Å²) >= 11 is 0. The Hall–Kier alpha value is -8.72. The smallest absolute Gasteiger partial charge is 0.329 e. The SMILES string of the molecule is Cc1ccc(C(=O)N[C@@H]2C(=O)N[C@H](C(C)C)C(=O)N3CCC[C@H]3C(=O)N(C)CC(=O)N(C)[C@@H](C(C)C)C(=O)O[C@@H]2C)c2nc3c(C(=O)N[C@@H]4C(=O)N[C@H](C(C)C)C(=O)N5CCC[C@H]5C(=O)N(C)CC(=O)N(C)[C@@H](C(C)C)C(=O)O[C@@H]4C)c(N)c(=O)cc-3oc12. The summed E-state index contributed by atoms with van der Waals surface area (Å²) < 4.78 is 18.1. The third-order valence-corrected chi connectivity index (χ3v) is 17.2. The minimum Gasteiger partial charge on any atom is -0.458 e. The number of hydrogen-bond donors (Lipinski definition) is 5. The highest BCUT2D eigenvalue weighted by Crippen LogP contribution is 2.34. The predicted molar refractivity (Wildman–Crippen MR) is 321 cm³/mol. The Labute approximate surface area is 515 Å². The van der Waals surface area contributed by atoms with Crippen LogP contribution in [-0.4, -0.2) is 220 Å². The third kappa shape index (κ3) is 13.9. The molecule has 0 bridgehead atoms. The van der Waals surface area contributed by atoms with Crippen molar-refractivity contribution < 1.29 is 71.4 Å². The monoisotopic (exact) mass is 1240 g/mol. The fourth-order valence-electron chi connectivity index (χ4n) is 12.0. The van der Waals surface area contributed by atoms with Crippen LogP contribution in [0.15, 0.2) is 27.4 Å². The molecule has 28 heteroatoms. The molecule has 4 fully saturated rings. The number of aromatic nitrogens is 1. The molecule has 1 aromatic rings. The largest absolute Gasteiger partial charge is 0.458 e. The molecule has 0 unspecified atom stereocenters. The first-order valence-corrected chi connectivity index (χ1v) is 30.1. The van der Waals surface area contributed by atoms with E-state index in [9.17, 15) is 52.7 Å². The number of fused-ring (bicyclic) bond motifs is 4. The molecule has 1 aliphatic carbocycles. The lowest BCUT2D eigenvalue weighted by Gasteiger charge is -2.36. The number of likely N-dealkylation sites (N-methyl/N-ethyl adjacent to an activating group) is 4. The zero-order chi connectivity index (χ0) is 66.1. The molecule has 6 N–H and O–H groups in total. The van der Waals surface area contributed by atoms with Gasteiger partial charge in [0.1, 0.15) is 71.8 Å². The lowest BCUT2D eigenvalue weighted by molar-refractivity contribution is -0.163. The first kappa shape index (κ1) is 67.8. The Kier molecular flexibility index (Phi) is 20.8. The molecule has 0 spiro atoms. The Morgan fingerprint density at radius 3 is 1.46 bits per heavy atom. The van der Waals surface area contributed by atoms with Gasteiger partial charge in [0.2, 0.25) is 52.7 Å². The van der Waals surface area contributed by atoms with Crippen molar-refractivity contribution in [2.75, 3.05) is 60.1 Å². The van der Waals surface area contributed by atoms with Gasteiger partial charge in [0.15, 0.2) is 11.3 Å². The summed E-state index contributed by atoms with van der Waals surface area (Å²) in [5.74, 6) is -12.4. The van der Waals surface area contributed by atoms with Crippen molar-refractivity contribution in [3.05, 3.63) is 45.1 Å². The predicted octanol–water partition coefficient (Wildman–Crippen LogP) is 0.417. The van der Waals surface area contributed by atoms with E-state index >= 15 is 9.59 Å². The molecule has 6 aliphatic rings. The van der Waals surface area contributed by atoms with Gasteiger partial charge in [0.05, 0.1) is 29.9 Å². The van der Waals surface area contributed by atoms with E-state index in [2.05, 4.69) is 21.3 Å². The number of nitrogens with two attached hydrogens (primary N) is 1. The summed E-state index contributed by atoms with van der Waals surface area (Å²) in [6.45, 7) is 17.0. The van der Waals surface area contributed by atoms with Crippen molar-refractivity contribution in [1.82, 2.24) is 55.7 Å². The van der Waals surface area contributed by atoms with Gasteiger partial charge in [-0.3, -0.25) is 52.7 Å². The zero-order valence-corrected chi connectivity index (χ0v) is 53.2. The number of rotatable bonds is 8. The summed E-state index contributed by atoms with van der Waals surface area (Å²) in [6, 6.07) is -6.94. The maximum atomic E-state index is 15.1. The first-order valence-electron chi connectivity index (χ1n) is 30.1. The topological polar surface area (TPSA) is 360 Å². The normalized spacial score (nSPS) is 26.4. The number of ether oxygens (including phenoxy) is 2. The quantitative estimate of drug-likeness (QED) is 0.116. The maximum Gasteiger partial charge on any atom is 0.329 e. The Bertz CT molecular complexity index is 3360. The molecule has 5 heterocycles. The van der Waals surface area contributed by atoms with Crippen LogP contribution in [0.2, 0.25) is 0 Å². The number of amides is 10. The molecule has 10 amide bonds. The fourth-order valence-corrected chi connectivity index (χ4v) is 12.0. The number of anilines is 1. The van der Waals surface area contributed by atoms with Crippen LogP contribution in [0.5, 0.6) is 0 Å². The van der Waals surface area contributed by atoms with E-state index < -0.39 is 191 Å². The Morgan fingerprint density at radius 2 is 1.04 bits per heavy atom. The highest BCUT2D eigenvalue weighted by molar-refractivity contribution is 6.10. The zero-order valence-electron chi connectivity index (χ0n) is 53.2. The molecule has 0 radical (unpaired) electrons. The summed E-state index contributed by atoms with van der Waals surface area (Å²) in [6.07, 6.45) is -1.64. The van der Waals surface area contributed by atoms with Gasteiger partial charge in [-0.1, -0.05) is 61.5 Å². The standard InChI is InChI=1S/C61H84N12O16/c1-27(2)43-58(83)72-22-16-18-35(72)56(81)68(12)25-39(75)70(14)49(29(5)6)60(85)87-32(10)45(54(79)64-43)66-52(77)34-21-20-31(9)51-47(34)63-48-38(89-51)24-37(74)42(62)41(48)53(78)67-46-33(11)88-61(86)50(30(7)8)71(15)40(76)26-69(13)57(82)36-19-17-23-73(36)59(84)44(28(3)4)65-55(46)80/h20-21,24,27-30,32-33,35-36,43-46,49-50H,16-19,22-23,25-26,62H2,1-15H3,(H,64,79)(H,65,80)(H,66,77)(H,67,78)/t32-,33-,35+,36+,43-,44-,45+,46+,49+,50+/m1/s1. The molecular formula is C61H84N12O16. The van der Waals surface area contributed by atoms with E-state index in [0.717, 1.165) is 15.9 Å². The van der Waals surface area contributed by atoms with Gasteiger partial charge in [0.25, 0.3) is 11.8 Å².